The van der Waals surface area contributed by atoms with Crippen LogP contribution in [0.3, 0.4) is 0 Å². The number of H-pyrrole nitrogens is 1. The van der Waals surface area contributed by atoms with Gasteiger partial charge in [0, 0.05) is 42.7 Å². The van der Waals surface area contributed by atoms with Gasteiger partial charge in [-0.2, -0.15) is 0 Å². The van der Waals surface area contributed by atoms with E-state index in [1.807, 2.05) is 12.1 Å². The van der Waals surface area contributed by atoms with Gasteiger partial charge in [0.25, 0.3) is 5.56 Å². The SMILES string of the molecule is O=c1[nH]c(NCC2CNc3ccccc32)nc(-c2ccncc2)c1-c1ccc(F)cc1. The average molecular weight is 413 g/mol. The first kappa shape index (κ1) is 19.0. The number of nitrogens with one attached hydrogen (secondary N) is 3. The van der Waals surface area contributed by atoms with Gasteiger partial charge in [-0.1, -0.05) is 30.3 Å². The van der Waals surface area contributed by atoms with E-state index in [9.17, 15) is 9.18 Å². The van der Waals surface area contributed by atoms with Gasteiger partial charge in [0.1, 0.15) is 5.82 Å². The van der Waals surface area contributed by atoms with Gasteiger partial charge in [-0.05, 0) is 41.5 Å². The number of pyridine rings is 1. The van der Waals surface area contributed by atoms with Gasteiger partial charge in [-0.15, -0.1) is 0 Å². The standard InChI is InChI=1S/C24H20FN5O/c25-18-7-5-15(6-8-18)21-22(16-9-11-26-12-10-16)29-24(30-23(21)31)28-14-17-13-27-20-4-2-1-3-19(17)20/h1-12,17,27H,13-14H2,(H2,28,29,30,31). The minimum atomic E-state index is -0.359. The Labute approximate surface area is 178 Å². The molecule has 0 amide bonds. The van der Waals surface area contributed by atoms with Crippen LogP contribution >= 0.6 is 0 Å². The molecule has 0 fully saturated rings. The second kappa shape index (κ2) is 8.02. The molecule has 0 saturated heterocycles. The second-order valence-corrected chi connectivity index (χ2v) is 7.43. The Morgan fingerprint density at radius 3 is 2.58 bits per heavy atom. The van der Waals surface area contributed by atoms with Crippen molar-refractivity contribution < 1.29 is 4.39 Å². The van der Waals surface area contributed by atoms with Gasteiger partial charge in [0.2, 0.25) is 5.95 Å². The molecule has 7 heteroatoms. The van der Waals surface area contributed by atoms with Crippen LogP contribution in [0, 0.1) is 5.82 Å². The molecule has 2 aromatic heterocycles. The molecular weight excluding hydrogens is 393 g/mol. The number of halogens is 1. The molecule has 31 heavy (non-hydrogen) atoms. The molecular formula is C24H20FN5O. The Kier molecular flexibility index (Phi) is 4.92. The lowest BCUT2D eigenvalue weighted by Gasteiger charge is -2.14. The smallest absolute Gasteiger partial charge is 0.260 e. The molecule has 1 aliphatic heterocycles. The maximum atomic E-state index is 13.4. The quantitative estimate of drug-likeness (QED) is 0.455. The van der Waals surface area contributed by atoms with Crippen molar-refractivity contribution in [1.29, 1.82) is 0 Å². The lowest BCUT2D eigenvalue weighted by molar-refractivity contribution is 0.628. The molecule has 154 valence electrons. The maximum Gasteiger partial charge on any atom is 0.260 e. The molecule has 1 unspecified atom stereocenters. The highest BCUT2D eigenvalue weighted by molar-refractivity contribution is 5.80. The van der Waals surface area contributed by atoms with Crippen molar-refractivity contribution in [3.63, 3.8) is 0 Å². The lowest BCUT2D eigenvalue weighted by Crippen LogP contribution is -2.20. The van der Waals surface area contributed by atoms with E-state index in [2.05, 4.69) is 32.7 Å². The lowest BCUT2D eigenvalue weighted by atomic mass is 10.0. The summed E-state index contributed by atoms with van der Waals surface area (Å²) in [7, 11) is 0. The Hall–Kier alpha value is -4.00. The molecule has 4 aromatic rings. The van der Waals surface area contributed by atoms with Crippen molar-refractivity contribution in [2.75, 3.05) is 23.7 Å². The molecule has 3 N–H and O–H groups in total. The summed E-state index contributed by atoms with van der Waals surface area (Å²) in [6.45, 7) is 1.44. The van der Waals surface area contributed by atoms with Crippen LogP contribution in [0.15, 0.2) is 77.9 Å². The van der Waals surface area contributed by atoms with E-state index in [-0.39, 0.29) is 17.3 Å². The average Bonchev–Trinajstić information content (AvgIpc) is 3.22. The number of hydrogen-bond acceptors (Lipinski definition) is 5. The number of nitrogens with zero attached hydrogens (tertiary/aromatic N) is 2. The fourth-order valence-electron chi connectivity index (χ4n) is 3.92. The van der Waals surface area contributed by atoms with Crippen LogP contribution in [-0.2, 0) is 0 Å². The predicted molar refractivity (Wildman–Crippen MR) is 120 cm³/mol. The number of rotatable bonds is 5. The van der Waals surface area contributed by atoms with Crippen molar-refractivity contribution in [2.24, 2.45) is 0 Å². The van der Waals surface area contributed by atoms with Crippen molar-refractivity contribution >= 4 is 11.6 Å². The van der Waals surface area contributed by atoms with Gasteiger partial charge in [0.15, 0.2) is 0 Å². The van der Waals surface area contributed by atoms with Crippen LogP contribution in [0.4, 0.5) is 16.0 Å². The summed E-state index contributed by atoms with van der Waals surface area (Å²) >= 11 is 0. The third-order valence-electron chi connectivity index (χ3n) is 5.46. The molecule has 0 radical (unpaired) electrons. The number of fused-ring (bicyclic) bond motifs is 1. The van der Waals surface area contributed by atoms with Crippen LogP contribution in [0.1, 0.15) is 11.5 Å². The fourth-order valence-corrected chi connectivity index (χ4v) is 3.92. The van der Waals surface area contributed by atoms with E-state index < -0.39 is 0 Å². The first-order valence-corrected chi connectivity index (χ1v) is 10.1. The van der Waals surface area contributed by atoms with Gasteiger partial charge in [-0.3, -0.25) is 14.8 Å². The molecule has 1 aliphatic rings. The van der Waals surface area contributed by atoms with E-state index in [1.54, 1.807) is 36.7 Å². The van der Waals surface area contributed by atoms with Crippen LogP contribution in [0.2, 0.25) is 0 Å². The van der Waals surface area contributed by atoms with E-state index >= 15 is 0 Å². The Bertz CT molecular complexity index is 1270. The highest BCUT2D eigenvalue weighted by atomic mass is 19.1. The van der Waals surface area contributed by atoms with E-state index in [1.165, 1.54) is 17.7 Å². The zero-order chi connectivity index (χ0) is 21.2. The topological polar surface area (TPSA) is 82.7 Å². The summed E-state index contributed by atoms with van der Waals surface area (Å²) in [4.78, 5) is 24.7. The molecule has 0 spiro atoms. The molecule has 0 aliphatic carbocycles. The number of aromatic nitrogens is 3. The summed E-state index contributed by atoms with van der Waals surface area (Å²) < 4.78 is 13.4. The van der Waals surface area contributed by atoms with Gasteiger partial charge in [0.05, 0.1) is 11.3 Å². The molecule has 5 rings (SSSR count). The van der Waals surface area contributed by atoms with Gasteiger partial charge >= 0.3 is 0 Å². The highest BCUT2D eigenvalue weighted by Crippen LogP contribution is 2.31. The fraction of sp³-hybridized carbons (Fsp3) is 0.125. The zero-order valence-electron chi connectivity index (χ0n) is 16.6. The molecule has 0 saturated carbocycles. The molecule has 1 atom stereocenters. The first-order chi connectivity index (χ1) is 15.2. The summed E-state index contributed by atoms with van der Waals surface area (Å²) in [6, 6.07) is 17.6. The number of anilines is 2. The Morgan fingerprint density at radius 1 is 1.00 bits per heavy atom. The van der Waals surface area contributed by atoms with Crippen LogP contribution in [0.5, 0.6) is 0 Å². The van der Waals surface area contributed by atoms with E-state index in [4.69, 9.17) is 4.98 Å². The second-order valence-electron chi connectivity index (χ2n) is 7.43. The molecule has 2 aromatic carbocycles. The molecule has 3 heterocycles. The summed E-state index contributed by atoms with van der Waals surface area (Å²) in [6.07, 6.45) is 3.31. The van der Waals surface area contributed by atoms with Crippen molar-refractivity contribution in [3.8, 4) is 22.4 Å². The minimum Gasteiger partial charge on any atom is -0.384 e. The zero-order valence-corrected chi connectivity index (χ0v) is 16.6. The predicted octanol–water partition coefficient (Wildman–Crippen LogP) is 4.26. The Morgan fingerprint density at radius 2 is 1.77 bits per heavy atom. The van der Waals surface area contributed by atoms with Crippen LogP contribution in [0.25, 0.3) is 22.4 Å². The van der Waals surface area contributed by atoms with Gasteiger partial charge < -0.3 is 10.6 Å². The van der Waals surface area contributed by atoms with Crippen LogP contribution < -0.4 is 16.2 Å². The van der Waals surface area contributed by atoms with E-state index in [0.717, 1.165) is 17.8 Å². The minimum absolute atomic E-state index is 0.266. The number of aromatic amines is 1. The van der Waals surface area contributed by atoms with Crippen molar-refractivity contribution in [3.05, 3.63) is 94.8 Å². The van der Waals surface area contributed by atoms with Crippen molar-refractivity contribution in [2.45, 2.75) is 5.92 Å². The molecule has 0 bridgehead atoms. The monoisotopic (exact) mass is 413 g/mol. The first-order valence-electron chi connectivity index (χ1n) is 10.1. The third kappa shape index (κ3) is 3.77. The van der Waals surface area contributed by atoms with Gasteiger partial charge in [-0.25, -0.2) is 9.37 Å². The Balaban J connectivity index is 1.51. The third-order valence-corrected chi connectivity index (χ3v) is 5.46. The number of benzene rings is 2. The summed E-state index contributed by atoms with van der Waals surface area (Å²) in [5.41, 5.74) is 4.36. The maximum absolute atomic E-state index is 13.4. The summed E-state index contributed by atoms with van der Waals surface area (Å²) in [5, 5.41) is 6.68. The van der Waals surface area contributed by atoms with E-state index in [0.29, 0.717) is 29.3 Å². The summed E-state index contributed by atoms with van der Waals surface area (Å²) in [5.74, 6) is 0.303. The number of para-hydroxylation sites is 1. The number of hydrogen-bond donors (Lipinski definition) is 3. The highest BCUT2D eigenvalue weighted by Gasteiger charge is 2.22. The molecule has 6 nitrogen and oxygen atoms in total. The van der Waals surface area contributed by atoms with Crippen LogP contribution in [-0.4, -0.2) is 28.0 Å². The largest absolute Gasteiger partial charge is 0.384 e. The normalized spacial score (nSPS) is 14.7. The van der Waals surface area contributed by atoms with Crippen molar-refractivity contribution in [1.82, 2.24) is 15.0 Å².